The molecular formula is C9H13N3O3. The first-order chi connectivity index (χ1) is 7.11. The van der Waals surface area contributed by atoms with Crippen LogP contribution in [0.3, 0.4) is 0 Å². The number of hydrogen-bond acceptors (Lipinski definition) is 3. The van der Waals surface area contributed by atoms with Crippen LogP contribution in [0.15, 0.2) is 0 Å². The summed E-state index contributed by atoms with van der Waals surface area (Å²) >= 11 is 0. The molecule has 2 aliphatic heterocycles. The third-order valence-electron chi connectivity index (χ3n) is 2.85. The highest BCUT2D eigenvalue weighted by molar-refractivity contribution is 6.06. The minimum atomic E-state index is -0.595. The van der Waals surface area contributed by atoms with Crippen molar-refractivity contribution in [2.24, 2.45) is 0 Å². The third kappa shape index (κ3) is 1.55. The molecule has 2 rings (SSSR count). The van der Waals surface area contributed by atoms with Gasteiger partial charge in [0.2, 0.25) is 5.91 Å². The van der Waals surface area contributed by atoms with Crippen molar-refractivity contribution in [3.63, 3.8) is 0 Å². The van der Waals surface area contributed by atoms with Crippen LogP contribution in [0.25, 0.3) is 0 Å². The minimum absolute atomic E-state index is 0.114. The van der Waals surface area contributed by atoms with Crippen LogP contribution in [0.5, 0.6) is 0 Å². The van der Waals surface area contributed by atoms with Crippen LogP contribution in [-0.2, 0) is 9.59 Å². The Balaban J connectivity index is 2.14. The smallest absolute Gasteiger partial charge is 0.318 e. The summed E-state index contributed by atoms with van der Waals surface area (Å²) in [6, 6.07) is -0.842. The van der Waals surface area contributed by atoms with Gasteiger partial charge < -0.3 is 10.2 Å². The van der Waals surface area contributed by atoms with Gasteiger partial charge in [-0.1, -0.05) is 0 Å². The first-order valence-corrected chi connectivity index (χ1v) is 4.96. The van der Waals surface area contributed by atoms with E-state index in [-0.39, 0.29) is 24.3 Å². The second-order valence-corrected chi connectivity index (χ2v) is 3.79. The summed E-state index contributed by atoms with van der Waals surface area (Å²) in [5.74, 6) is -0.500. The van der Waals surface area contributed by atoms with Crippen LogP contribution < -0.4 is 5.32 Å². The summed E-state index contributed by atoms with van der Waals surface area (Å²) in [4.78, 5) is 36.9. The van der Waals surface area contributed by atoms with E-state index in [1.165, 1.54) is 11.9 Å². The molecule has 1 N–H and O–H groups in total. The molecule has 1 atom stereocenters. The molecule has 1 unspecified atom stereocenters. The topological polar surface area (TPSA) is 69.7 Å². The van der Waals surface area contributed by atoms with Crippen molar-refractivity contribution in [3.8, 4) is 0 Å². The second kappa shape index (κ2) is 3.52. The molecule has 0 aromatic rings. The lowest BCUT2D eigenvalue weighted by molar-refractivity contribution is -0.137. The van der Waals surface area contributed by atoms with Gasteiger partial charge in [-0.25, -0.2) is 4.79 Å². The van der Waals surface area contributed by atoms with Gasteiger partial charge in [-0.15, -0.1) is 0 Å². The lowest BCUT2D eigenvalue weighted by Crippen LogP contribution is -2.53. The van der Waals surface area contributed by atoms with Crippen LogP contribution in [0, 0.1) is 0 Å². The number of likely N-dealkylation sites (tertiary alicyclic amines) is 1. The van der Waals surface area contributed by atoms with Crippen LogP contribution in [0.2, 0.25) is 0 Å². The molecule has 2 fully saturated rings. The van der Waals surface area contributed by atoms with Crippen LogP contribution >= 0.6 is 0 Å². The molecule has 2 saturated heterocycles. The van der Waals surface area contributed by atoms with Crippen LogP contribution in [-0.4, -0.2) is 53.8 Å². The lowest BCUT2D eigenvalue weighted by atomic mass is 10.2. The zero-order valence-electron chi connectivity index (χ0n) is 8.52. The number of imide groups is 1. The molecule has 0 aromatic heterocycles. The molecule has 6 nitrogen and oxygen atoms in total. The second-order valence-electron chi connectivity index (χ2n) is 3.79. The van der Waals surface area contributed by atoms with Gasteiger partial charge in [0.1, 0.15) is 6.04 Å². The Kier molecular flexibility index (Phi) is 2.34. The summed E-state index contributed by atoms with van der Waals surface area (Å²) in [5, 5.41) is 2.66. The van der Waals surface area contributed by atoms with E-state index < -0.39 is 6.04 Å². The molecule has 2 heterocycles. The standard InChI is InChI=1S/C9H13N3O3/c1-11-7(13)5-6(8(11)14)12-4-2-3-10-9(12)15/h6H,2-5H2,1H3,(H,10,15). The van der Waals surface area contributed by atoms with E-state index >= 15 is 0 Å². The van der Waals surface area contributed by atoms with E-state index in [0.29, 0.717) is 13.1 Å². The number of urea groups is 1. The van der Waals surface area contributed by atoms with Gasteiger partial charge in [0.25, 0.3) is 5.91 Å². The molecule has 2 aliphatic rings. The largest absolute Gasteiger partial charge is 0.338 e. The fourth-order valence-corrected chi connectivity index (χ4v) is 1.92. The quantitative estimate of drug-likeness (QED) is 0.575. The maximum atomic E-state index is 11.6. The van der Waals surface area contributed by atoms with Crippen LogP contribution in [0.4, 0.5) is 4.79 Å². The van der Waals surface area contributed by atoms with Gasteiger partial charge >= 0.3 is 6.03 Å². The number of likely N-dealkylation sites (N-methyl/N-ethyl adjacent to an activating group) is 1. The monoisotopic (exact) mass is 211 g/mol. The van der Waals surface area contributed by atoms with E-state index in [9.17, 15) is 14.4 Å². The summed E-state index contributed by atoms with van der Waals surface area (Å²) < 4.78 is 0. The van der Waals surface area contributed by atoms with Crippen molar-refractivity contribution in [1.29, 1.82) is 0 Å². The van der Waals surface area contributed by atoms with E-state index in [4.69, 9.17) is 0 Å². The Morgan fingerprint density at radius 1 is 1.33 bits per heavy atom. The summed E-state index contributed by atoms with van der Waals surface area (Å²) in [6.45, 7) is 1.18. The molecule has 6 heteroatoms. The van der Waals surface area contributed by atoms with E-state index in [0.717, 1.165) is 11.3 Å². The van der Waals surface area contributed by atoms with E-state index in [2.05, 4.69) is 5.32 Å². The highest BCUT2D eigenvalue weighted by Crippen LogP contribution is 2.18. The maximum absolute atomic E-state index is 11.6. The van der Waals surface area contributed by atoms with Crippen molar-refractivity contribution in [2.75, 3.05) is 20.1 Å². The Morgan fingerprint density at radius 3 is 2.60 bits per heavy atom. The number of carbonyl (C=O) groups is 3. The molecule has 0 bridgehead atoms. The zero-order chi connectivity index (χ0) is 11.0. The molecule has 4 amide bonds. The molecule has 0 aromatic carbocycles. The number of nitrogens with zero attached hydrogens (tertiary/aromatic N) is 2. The van der Waals surface area contributed by atoms with Gasteiger partial charge in [-0.05, 0) is 6.42 Å². The van der Waals surface area contributed by atoms with E-state index in [1.54, 1.807) is 0 Å². The number of rotatable bonds is 1. The first kappa shape index (κ1) is 9.95. The Labute approximate surface area is 87.2 Å². The molecule has 0 saturated carbocycles. The first-order valence-electron chi connectivity index (χ1n) is 4.96. The lowest BCUT2D eigenvalue weighted by Gasteiger charge is -2.30. The van der Waals surface area contributed by atoms with Gasteiger partial charge in [0.15, 0.2) is 0 Å². The molecule has 15 heavy (non-hydrogen) atoms. The van der Waals surface area contributed by atoms with Crippen LogP contribution in [0.1, 0.15) is 12.8 Å². The fraction of sp³-hybridized carbons (Fsp3) is 0.667. The Hall–Kier alpha value is -1.59. The van der Waals surface area contributed by atoms with E-state index in [1.807, 2.05) is 0 Å². The van der Waals surface area contributed by atoms with Crippen molar-refractivity contribution < 1.29 is 14.4 Å². The number of hydrogen-bond donors (Lipinski definition) is 1. The predicted molar refractivity (Wildman–Crippen MR) is 50.9 cm³/mol. The molecule has 0 radical (unpaired) electrons. The minimum Gasteiger partial charge on any atom is -0.338 e. The maximum Gasteiger partial charge on any atom is 0.318 e. The van der Waals surface area contributed by atoms with Crippen molar-refractivity contribution in [2.45, 2.75) is 18.9 Å². The van der Waals surface area contributed by atoms with Crippen molar-refractivity contribution in [1.82, 2.24) is 15.1 Å². The summed E-state index contributed by atoms with van der Waals surface area (Å²) in [7, 11) is 1.45. The molecular weight excluding hydrogens is 198 g/mol. The van der Waals surface area contributed by atoms with Gasteiger partial charge in [-0.2, -0.15) is 0 Å². The molecule has 0 aliphatic carbocycles. The number of nitrogens with one attached hydrogen (secondary N) is 1. The van der Waals surface area contributed by atoms with Gasteiger partial charge in [0.05, 0.1) is 6.42 Å². The van der Waals surface area contributed by atoms with Gasteiger partial charge in [-0.3, -0.25) is 14.5 Å². The fourth-order valence-electron chi connectivity index (χ4n) is 1.92. The predicted octanol–water partition coefficient (Wildman–Crippen LogP) is -0.841. The average molecular weight is 211 g/mol. The number of carbonyl (C=O) groups excluding carboxylic acids is 3. The average Bonchev–Trinajstić information content (AvgIpc) is 2.47. The third-order valence-corrected chi connectivity index (χ3v) is 2.85. The highest BCUT2D eigenvalue weighted by Gasteiger charge is 2.42. The summed E-state index contributed by atoms with van der Waals surface area (Å²) in [6.07, 6.45) is 0.927. The summed E-state index contributed by atoms with van der Waals surface area (Å²) in [5.41, 5.74) is 0. The Morgan fingerprint density at radius 2 is 2.07 bits per heavy atom. The van der Waals surface area contributed by atoms with Crippen molar-refractivity contribution >= 4 is 17.8 Å². The number of amides is 4. The Bertz CT molecular complexity index is 329. The van der Waals surface area contributed by atoms with Gasteiger partial charge in [0, 0.05) is 20.1 Å². The molecule has 0 spiro atoms. The van der Waals surface area contributed by atoms with Crippen molar-refractivity contribution in [3.05, 3.63) is 0 Å². The SMILES string of the molecule is CN1C(=O)CC(N2CCCNC2=O)C1=O. The zero-order valence-corrected chi connectivity index (χ0v) is 8.52. The highest BCUT2D eigenvalue weighted by atomic mass is 16.2. The normalized spacial score (nSPS) is 27.3. The molecule has 82 valence electrons.